The van der Waals surface area contributed by atoms with Crippen molar-refractivity contribution in [3.63, 3.8) is 0 Å². The Hall–Kier alpha value is -3.25. The maximum Gasteiger partial charge on any atom is 0.260 e. The third-order valence-corrected chi connectivity index (χ3v) is 4.74. The molecule has 2 aliphatic rings. The second-order valence-electron chi connectivity index (χ2n) is 6.57. The Kier molecular flexibility index (Phi) is 4.33. The van der Waals surface area contributed by atoms with Gasteiger partial charge in [0.05, 0.1) is 28.7 Å². The fourth-order valence-electron chi connectivity index (χ4n) is 3.28. The number of hydrogen-bond donors (Lipinski definition) is 1. The number of hydrogen-bond acceptors (Lipinski definition) is 5. The minimum atomic E-state index is -0.932. The topological polar surface area (TPSA) is 68.5 Å². The molecule has 4 rings (SSSR count). The number of carbonyl (C=O) groups is 1. The SMILES string of the molecule is CC1=NN(c2ccccc2)C(O)/C1=C/C1C(=O)N(c2ccccc2)N=C1C. The summed E-state index contributed by atoms with van der Waals surface area (Å²) in [5.74, 6) is -0.653. The van der Waals surface area contributed by atoms with E-state index in [1.54, 1.807) is 11.1 Å². The molecule has 1 N–H and O–H groups in total. The molecule has 2 heterocycles. The first-order valence-corrected chi connectivity index (χ1v) is 8.80. The minimum Gasteiger partial charge on any atom is -0.368 e. The second-order valence-corrected chi connectivity index (χ2v) is 6.57. The van der Waals surface area contributed by atoms with Crippen molar-refractivity contribution in [3.05, 3.63) is 72.3 Å². The normalized spacial score (nSPS) is 23.8. The van der Waals surface area contributed by atoms with Gasteiger partial charge in [-0.3, -0.25) is 4.79 Å². The van der Waals surface area contributed by atoms with Crippen LogP contribution in [0.2, 0.25) is 0 Å². The monoisotopic (exact) mass is 360 g/mol. The van der Waals surface area contributed by atoms with Crippen molar-refractivity contribution in [3.8, 4) is 0 Å². The third-order valence-electron chi connectivity index (χ3n) is 4.74. The summed E-state index contributed by atoms with van der Waals surface area (Å²) in [6.45, 7) is 3.66. The van der Waals surface area contributed by atoms with Crippen LogP contribution in [-0.2, 0) is 4.79 Å². The Morgan fingerprint density at radius 3 is 2.15 bits per heavy atom. The highest BCUT2D eigenvalue weighted by Gasteiger charge is 2.36. The second kappa shape index (κ2) is 6.81. The average molecular weight is 360 g/mol. The van der Waals surface area contributed by atoms with Gasteiger partial charge in [-0.1, -0.05) is 42.5 Å². The summed E-state index contributed by atoms with van der Waals surface area (Å²) < 4.78 is 0. The van der Waals surface area contributed by atoms with Gasteiger partial charge in [-0.15, -0.1) is 0 Å². The van der Waals surface area contributed by atoms with Crippen LogP contribution in [0.15, 0.2) is 82.5 Å². The van der Waals surface area contributed by atoms with Crippen LogP contribution in [0.5, 0.6) is 0 Å². The number of rotatable bonds is 3. The molecular formula is C21H20N4O2. The largest absolute Gasteiger partial charge is 0.368 e. The highest BCUT2D eigenvalue weighted by atomic mass is 16.3. The van der Waals surface area contributed by atoms with E-state index in [0.717, 1.165) is 11.4 Å². The zero-order chi connectivity index (χ0) is 19.0. The summed E-state index contributed by atoms with van der Waals surface area (Å²) in [5, 5.41) is 22.6. The predicted molar refractivity (Wildman–Crippen MR) is 107 cm³/mol. The summed E-state index contributed by atoms with van der Waals surface area (Å²) in [4.78, 5) is 12.9. The summed E-state index contributed by atoms with van der Waals surface area (Å²) in [6, 6.07) is 18.8. The van der Waals surface area contributed by atoms with Crippen LogP contribution in [-0.4, -0.2) is 28.7 Å². The van der Waals surface area contributed by atoms with E-state index in [4.69, 9.17) is 0 Å². The van der Waals surface area contributed by atoms with Crippen molar-refractivity contribution < 1.29 is 9.90 Å². The van der Waals surface area contributed by atoms with Gasteiger partial charge in [0.2, 0.25) is 0 Å². The Balaban J connectivity index is 1.62. The van der Waals surface area contributed by atoms with E-state index < -0.39 is 12.1 Å². The quantitative estimate of drug-likeness (QED) is 0.914. The van der Waals surface area contributed by atoms with Gasteiger partial charge in [0.15, 0.2) is 6.23 Å². The van der Waals surface area contributed by atoms with Crippen LogP contribution in [0.4, 0.5) is 11.4 Å². The zero-order valence-corrected chi connectivity index (χ0v) is 15.1. The van der Waals surface area contributed by atoms with Crippen molar-refractivity contribution in [2.45, 2.75) is 20.1 Å². The number of carbonyl (C=O) groups excluding carboxylic acids is 1. The average Bonchev–Trinajstić information content (AvgIpc) is 3.14. The molecule has 1 amide bonds. The van der Waals surface area contributed by atoms with Gasteiger partial charge in [-0.25, -0.2) is 5.01 Å². The first kappa shape index (κ1) is 17.2. The van der Waals surface area contributed by atoms with E-state index in [1.165, 1.54) is 5.01 Å². The number of amides is 1. The van der Waals surface area contributed by atoms with E-state index in [1.807, 2.05) is 74.5 Å². The highest BCUT2D eigenvalue weighted by Crippen LogP contribution is 2.30. The van der Waals surface area contributed by atoms with Gasteiger partial charge in [0.1, 0.15) is 0 Å². The minimum absolute atomic E-state index is 0.135. The van der Waals surface area contributed by atoms with Gasteiger partial charge in [0.25, 0.3) is 5.91 Å². The number of aliphatic hydroxyl groups is 1. The standard InChI is InChI=1S/C21H20N4O2/c1-14-18(20(26)24(22-14)16-9-5-3-6-10-16)13-19-15(2)23-25(21(19)27)17-11-7-4-8-12-17/h3-13,18,21,27H,1-2H3/b19-13+. The number of nitrogens with zero attached hydrogens (tertiary/aromatic N) is 4. The van der Waals surface area contributed by atoms with Gasteiger partial charge < -0.3 is 5.11 Å². The van der Waals surface area contributed by atoms with Crippen molar-refractivity contribution in [1.29, 1.82) is 0 Å². The number of hydrazone groups is 2. The van der Waals surface area contributed by atoms with Crippen LogP contribution in [0, 0.1) is 5.92 Å². The van der Waals surface area contributed by atoms with E-state index in [0.29, 0.717) is 17.0 Å². The Morgan fingerprint density at radius 1 is 0.926 bits per heavy atom. The Labute approximate surface area is 157 Å². The number of anilines is 2. The molecular weight excluding hydrogens is 340 g/mol. The lowest BCUT2D eigenvalue weighted by molar-refractivity contribution is -0.118. The molecule has 0 radical (unpaired) electrons. The van der Waals surface area contributed by atoms with Gasteiger partial charge in [-0.2, -0.15) is 15.2 Å². The van der Waals surface area contributed by atoms with E-state index >= 15 is 0 Å². The lowest BCUT2D eigenvalue weighted by atomic mass is 9.98. The molecule has 6 heteroatoms. The molecule has 0 fully saturated rings. The predicted octanol–water partition coefficient (Wildman–Crippen LogP) is 3.17. The molecule has 0 bridgehead atoms. The van der Waals surface area contributed by atoms with Crippen molar-refractivity contribution in [2.75, 3.05) is 10.0 Å². The van der Waals surface area contributed by atoms with Gasteiger partial charge in [-0.05, 0) is 38.1 Å². The molecule has 0 saturated heterocycles. The first-order valence-electron chi connectivity index (χ1n) is 8.80. The summed E-state index contributed by atoms with van der Waals surface area (Å²) in [5.41, 5.74) is 3.52. The zero-order valence-electron chi connectivity index (χ0n) is 15.1. The summed E-state index contributed by atoms with van der Waals surface area (Å²) >= 11 is 0. The molecule has 0 saturated carbocycles. The molecule has 136 valence electrons. The maximum atomic E-state index is 12.9. The maximum absolute atomic E-state index is 12.9. The summed E-state index contributed by atoms with van der Waals surface area (Å²) in [6.07, 6.45) is 0.843. The van der Waals surface area contributed by atoms with E-state index in [2.05, 4.69) is 10.2 Å². The van der Waals surface area contributed by atoms with Crippen LogP contribution in [0.1, 0.15) is 13.8 Å². The fraction of sp³-hybridized carbons (Fsp3) is 0.190. The van der Waals surface area contributed by atoms with E-state index in [9.17, 15) is 9.90 Å². The Morgan fingerprint density at radius 2 is 1.52 bits per heavy atom. The molecule has 2 unspecified atom stereocenters. The first-order chi connectivity index (χ1) is 13.1. The molecule has 0 spiro atoms. The van der Waals surface area contributed by atoms with Gasteiger partial charge >= 0.3 is 0 Å². The number of benzene rings is 2. The molecule has 0 aliphatic carbocycles. The number of aliphatic hydroxyl groups excluding tert-OH is 1. The molecule has 2 aromatic carbocycles. The van der Waals surface area contributed by atoms with Crippen molar-refractivity contribution in [1.82, 2.24) is 0 Å². The third kappa shape index (κ3) is 3.04. The molecule has 0 aromatic heterocycles. The van der Waals surface area contributed by atoms with Crippen LogP contribution in [0.3, 0.4) is 0 Å². The van der Waals surface area contributed by atoms with Crippen molar-refractivity contribution >= 4 is 28.7 Å². The highest BCUT2D eigenvalue weighted by molar-refractivity contribution is 6.17. The lowest BCUT2D eigenvalue weighted by Crippen LogP contribution is -2.30. The molecule has 6 nitrogen and oxygen atoms in total. The van der Waals surface area contributed by atoms with Crippen LogP contribution in [0.25, 0.3) is 0 Å². The van der Waals surface area contributed by atoms with Gasteiger partial charge in [0, 0.05) is 5.57 Å². The smallest absolute Gasteiger partial charge is 0.260 e. The van der Waals surface area contributed by atoms with Crippen LogP contribution < -0.4 is 10.0 Å². The molecule has 2 aromatic rings. The molecule has 27 heavy (non-hydrogen) atoms. The molecule has 2 aliphatic heterocycles. The van der Waals surface area contributed by atoms with Crippen molar-refractivity contribution in [2.24, 2.45) is 16.1 Å². The Bertz CT molecular complexity index is 951. The van der Waals surface area contributed by atoms with E-state index in [-0.39, 0.29) is 5.91 Å². The molecule has 2 atom stereocenters. The van der Waals surface area contributed by atoms with Crippen LogP contribution >= 0.6 is 0 Å². The fourth-order valence-corrected chi connectivity index (χ4v) is 3.28. The number of para-hydroxylation sites is 2. The lowest BCUT2D eigenvalue weighted by Gasteiger charge is -2.20. The summed E-state index contributed by atoms with van der Waals surface area (Å²) in [7, 11) is 0.